The Kier molecular flexibility index (Phi) is 5.03. The van der Waals surface area contributed by atoms with Crippen molar-refractivity contribution in [1.29, 1.82) is 5.26 Å². The third-order valence-electron chi connectivity index (χ3n) is 4.47. The average Bonchev–Trinajstić information content (AvgIpc) is 2.84. The van der Waals surface area contributed by atoms with E-state index in [0.29, 0.717) is 17.0 Å². The van der Waals surface area contributed by atoms with E-state index in [1.807, 2.05) is 10.6 Å². The SMILES string of the molecule is C/C(=C\C(=O)C(C#N)c1nnc2n1CCCCC2)c1ccccc1F. The number of hydrogen-bond donors (Lipinski definition) is 0. The minimum Gasteiger partial charge on any atom is -0.313 e. The van der Waals surface area contributed by atoms with Crippen LogP contribution in [0.15, 0.2) is 30.3 Å². The maximum absolute atomic E-state index is 13.9. The molecule has 0 spiro atoms. The zero-order valence-corrected chi connectivity index (χ0v) is 14.1. The molecule has 5 nitrogen and oxygen atoms in total. The summed E-state index contributed by atoms with van der Waals surface area (Å²) in [4.78, 5) is 12.6. The van der Waals surface area contributed by atoms with Gasteiger partial charge < -0.3 is 4.57 Å². The Labute approximate surface area is 145 Å². The second kappa shape index (κ2) is 7.39. The van der Waals surface area contributed by atoms with Crippen LogP contribution < -0.4 is 0 Å². The van der Waals surface area contributed by atoms with Gasteiger partial charge in [-0.15, -0.1) is 10.2 Å². The molecule has 2 heterocycles. The fourth-order valence-electron chi connectivity index (χ4n) is 3.13. The number of aromatic nitrogens is 3. The van der Waals surface area contributed by atoms with E-state index in [4.69, 9.17) is 0 Å². The molecule has 0 aliphatic carbocycles. The number of allylic oxidation sites excluding steroid dienone is 2. The van der Waals surface area contributed by atoms with E-state index in [-0.39, 0.29) is 0 Å². The fraction of sp³-hybridized carbons (Fsp3) is 0.368. The van der Waals surface area contributed by atoms with Crippen LogP contribution in [0.25, 0.3) is 5.57 Å². The van der Waals surface area contributed by atoms with Gasteiger partial charge in [-0.05, 0) is 37.5 Å². The summed E-state index contributed by atoms with van der Waals surface area (Å²) >= 11 is 0. The Bertz CT molecular complexity index is 863. The summed E-state index contributed by atoms with van der Waals surface area (Å²) < 4.78 is 15.8. The maximum atomic E-state index is 13.9. The molecule has 0 saturated heterocycles. The Morgan fingerprint density at radius 2 is 2.12 bits per heavy atom. The van der Waals surface area contributed by atoms with Gasteiger partial charge in [-0.2, -0.15) is 5.26 Å². The highest BCUT2D eigenvalue weighted by Crippen LogP contribution is 2.23. The number of carbonyl (C=O) groups is 1. The van der Waals surface area contributed by atoms with Crippen LogP contribution in [-0.2, 0) is 17.8 Å². The molecule has 0 radical (unpaired) electrons. The van der Waals surface area contributed by atoms with E-state index >= 15 is 0 Å². The lowest BCUT2D eigenvalue weighted by Gasteiger charge is -2.10. The first-order valence-electron chi connectivity index (χ1n) is 8.40. The zero-order chi connectivity index (χ0) is 17.8. The zero-order valence-electron chi connectivity index (χ0n) is 14.1. The van der Waals surface area contributed by atoms with E-state index in [1.165, 1.54) is 12.1 Å². The van der Waals surface area contributed by atoms with Crippen LogP contribution in [0.4, 0.5) is 4.39 Å². The predicted octanol–water partition coefficient (Wildman–Crippen LogP) is 3.42. The van der Waals surface area contributed by atoms with Crippen LogP contribution in [-0.4, -0.2) is 20.5 Å². The van der Waals surface area contributed by atoms with Crippen molar-refractivity contribution in [2.24, 2.45) is 0 Å². The number of benzene rings is 1. The summed E-state index contributed by atoms with van der Waals surface area (Å²) in [6, 6.07) is 8.29. The molecule has 1 aromatic carbocycles. The van der Waals surface area contributed by atoms with Crippen LogP contribution >= 0.6 is 0 Å². The lowest BCUT2D eigenvalue weighted by atomic mass is 9.99. The largest absolute Gasteiger partial charge is 0.313 e. The number of hydrogen-bond acceptors (Lipinski definition) is 4. The van der Waals surface area contributed by atoms with E-state index < -0.39 is 17.5 Å². The standard InChI is InChI=1S/C19H19FN4O/c1-13(14-7-4-5-8-16(14)20)11-17(25)15(12-21)19-23-22-18-9-3-2-6-10-24(18)19/h4-5,7-8,11,15H,2-3,6,9-10H2,1H3/b13-11+. The summed E-state index contributed by atoms with van der Waals surface area (Å²) in [7, 11) is 0. The number of nitrogens with zero attached hydrogens (tertiary/aromatic N) is 4. The van der Waals surface area contributed by atoms with E-state index in [2.05, 4.69) is 10.2 Å². The van der Waals surface area contributed by atoms with Crippen molar-refractivity contribution < 1.29 is 9.18 Å². The van der Waals surface area contributed by atoms with Crippen molar-refractivity contribution in [2.75, 3.05) is 0 Å². The van der Waals surface area contributed by atoms with Crippen molar-refractivity contribution in [3.8, 4) is 6.07 Å². The number of aryl methyl sites for hydroxylation is 1. The summed E-state index contributed by atoms with van der Waals surface area (Å²) in [6.45, 7) is 2.38. The van der Waals surface area contributed by atoms with Gasteiger partial charge >= 0.3 is 0 Å². The number of carbonyl (C=O) groups excluding carboxylic acids is 1. The molecule has 0 bridgehead atoms. The Balaban J connectivity index is 1.90. The second-order valence-corrected chi connectivity index (χ2v) is 6.21. The van der Waals surface area contributed by atoms with Gasteiger partial charge in [-0.3, -0.25) is 4.79 Å². The lowest BCUT2D eigenvalue weighted by molar-refractivity contribution is -0.115. The summed E-state index contributed by atoms with van der Waals surface area (Å²) in [5, 5.41) is 17.8. The quantitative estimate of drug-likeness (QED) is 0.801. The predicted molar refractivity (Wildman–Crippen MR) is 91.0 cm³/mol. The lowest BCUT2D eigenvalue weighted by Crippen LogP contribution is -2.16. The Hall–Kier alpha value is -2.81. The highest BCUT2D eigenvalue weighted by atomic mass is 19.1. The van der Waals surface area contributed by atoms with Crippen molar-refractivity contribution in [2.45, 2.75) is 45.1 Å². The normalized spacial score (nSPS) is 15.8. The molecule has 6 heteroatoms. The fourth-order valence-corrected chi connectivity index (χ4v) is 3.13. The smallest absolute Gasteiger partial charge is 0.180 e. The van der Waals surface area contributed by atoms with E-state index in [0.717, 1.165) is 38.1 Å². The number of rotatable bonds is 4. The van der Waals surface area contributed by atoms with Crippen LogP contribution in [0.1, 0.15) is 49.3 Å². The minimum absolute atomic E-state index is 0.354. The molecule has 2 aromatic rings. The molecule has 0 amide bonds. The van der Waals surface area contributed by atoms with Gasteiger partial charge in [-0.25, -0.2) is 4.39 Å². The summed E-state index contributed by atoms with van der Waals surface area (Å²) in [6.07, 6.45) is 5.25. The molecule has 25 heavy (non-hydrogen) atoms. The van der Waals surface area contributed by atoms with Crippen LogP contribution in [0.3, 0.4) is 0 Å². The van der Waals surface area contributed by atoms with Crippen molar-refractivity contribution in [3.05, 3.63) is 53.4 Å². The van der Waals surface area contributed by atoms with Crippen molar-refractivity contribution in [1.82, 2.24) is 14.8 Å². The van der Waals surface area contributed by atoms with Gasteiger partial charge in [0, 0.05) is 18.5 Å². The van der Waals surface area contributed by atoms with Crippen molar-refractivity contribution >= 4 is 11.4 Å². The average molecular weight is 338 g/mol. The number of ketones is 1. The third-order valence-corrected chi connectivity index (χ3v) is 4.47. The van der Waals surface area contributed by atoms with E-state index in [9.17, 15) is 14.4 Å². The van der Waals surface area contributed by atoms with Crippen LogP contribution in [0.2, 0.25) is 0 Å². The molecule has 1 unspecified atom stereocenters. The van der Waals surface area contributed by atoms with Gasteiger partial charge in [0.05, 0.1) is 6.07 Å². The first-order chi connectivity index (χ1) is 12.1. The van der Waals surface area contributed by atoms with Crippen LogP contribution in [0, 0.1) is 17.1 Å². The van der Waals surface area contributed by atoms with Gasteiger partial charge in [0.2, 0.25) is 0 Å². The van der Waals surface area contributed by atoms with Gasteiger partial charge in [0.25, 0.3) is 0 Å². The topological polar surface area (TPSA) is 71.6 Å². The first-order valence-corrected chi connectivity index (χ1v) is 8.40. The van der Waals surface area contributed by atoms with Gasteiger partial charge in [0.15, 0.2) is 17.5 Å². The Morgan fingerprint density at radius 3 is 2.88 bits per heavy atom. The molecular formula is C19H19FN4O. The van der Waals surface area contributed by atoms with Crippen molar-refractivity contribution in [3.63, 3.8) is 0 Å². The molecule has 1 atom stereocenters. The minimum atomic E-state index is -1.03. The number of fused-ring (bicyclic) bond motifs is 1. The molecule has 0 fully saturated rings. The molecule has 1 aromatic heterocycles. The molecule has 1 aliphatic rings. The summed E-state index contributed by atoms with van der Waals surface area (Å²) in [5.41, 5.74) is 0.839. The third kappa shape index (κ3) is 3.50. The molecule has 0 saturated carbocycles. The van der Waals surface area contributed by atoms with Gasteiger partial charge in [0.1, 0.15) is 11.6 Å². The van der Waals surface area contributed by atoms with Crippen LogP contribution in [0.5, 0.6) is 0 Å². The Morgan fingerprint density at radius 1 is 1.32 bits per heavy atom. The maximum Gasteiger partial charge on any atom is 0.180 e. The molecule has 128 valence electrons. The number of nitriles is 1. The molecule has 0 N–H and O–H groups in total. The first kappa shape index (κ1) is 17.0. The van der Waals surface area contributed by atoms with E-state index in [1.54, 1.807) is 25.1 Å². The summed E-state index contributed by atoms with van der Waals surface area (Å²) in [5.74, 6) is -0.602. The highest BCUT2D eigenvalue weighted by Gasteiger charge is 2.27. The second-order valence-electron chi connectivity index (χ2n) is 6.21. The molecule has 1 aliphatic heterocycles. The molecule has 3 rings (SSSR count). The molecular weight excluding hydrogens is 319 g/mol. The van der Waals surface area contributed by atoms with Gasteiger partial charge in [-0.1, -0.05) is 24.6 Å². The monoisotopic (exact) mass is 338 g/mol. The number of halogens is 1. The highest BCUT2D eigenvalue weighted by molar-refractivity contribution is 6.02.